The molecule has 0 spiro atoms. The molecule has 2 rings (SSSR count). The SMILES string of the molecule is COc1cccc(C2CC(O)CC(C)N2)c1. The predicted molar refractivity (Wildman–Crippen MR) is 63.6 cm³/mol. The summed E-state index contributed by atoms with van der Waals surface area (Å²) in [7, 11) is 1.67. The summed E-state index contributed by atoms with van der Waals surface area (Å²) in [6.45, 7) is 2.11. The smallest absolute Gasteiger partial charge is 0.119 e. The first-order valence-electron chi connectivity index (χ1n) is 5.77. The molecule has 0 saturated carbocycles. The van der Waals surface area contributed by atoms with Crippen LogP contribution in [-0.4, -0.2) is 24.4 Å². The molecule has 3 unspecified atom stereocenters. The van der Waals surface area contributed by atoms with Gasteiger partial charge in [0.25, 0.3) is 0 Å². The van der Waals surface area contributed by atoms with Crippen LogP contribution in [0.15, 0.2) is 24.3 Å². The lowest BCUT2D eigenvalue weighted by Gasteiger charge is -2.32. The van der Waals surface area contributed by atoms with Gasteiger partial charge >= 0.3 is 0 Å². The minimum Gasteiger partial charge on any atom is -0.497 e. The van der Waals surface area contributed by atoms with Crippen molar-refractivity contribution in [2.24, 2.45) is 0 Å². The standard InChI is InChI=1S/C13H19NO2/c1-9-6-11(15)8-13(14-9)10-4-3-5-12(7-10)16-2/h3-5,7,9,11,13-15H,6,8H2,1-2H3. The molecule has 0 aliphatic carbocycles. The van der Waals surface area contributed by atoms with E-state index in [9.17, 15) is 5.11 Å². The van der Waals surface area contributed by atoms with Gasteiger partial charge in [-0.2, -0.15) is 0 Å². The first-order chi connectivity index (χ1) is 7.69. The van der Waals surface area contributed by atoms with E-state index in [0.29, 0.717) is 6.04 Å². The Kier molecular flexibility index (Phi) is 3.46. The average Bonchev–Trinajstić information content (AvgIpc) is 2.28. The third-order valence-corrected chi connectivity index (χ3v) is 3.12. The van der Waals surface area contributed by atoms with Crippen molar-refractivity contribution in [3.05, 3.63) is 29.8 Å². The van der Waals surface area contributed by atoms with Crippen LogP contribution in [0.4, 0.5) is 0 Å². The molecule has 0 radical (unpaired) electrons. The van der Waals surface area contributed by atoms with E-state index in [0.717, 1.165) is 18.6 Å². The summed E-state index contributed by atoms with van der Waals surface area (Å²) in [4.78, 5) is 0. The Morgan fingerprint density at radius 1 is 1.38 bits per heavy atom. The summed E-state index contributed by atoms with van der Waals surface area (Å²) in [5.41, 5.74) is 1.19. The van der Waals surface area contributed by atoms with Crippen LogP contribution in [0.5, 0.6) is 5.75 Å². The molecule has 1 saturated heterocycles. The zero-order chi connectivity index (χ0) is 11.5. The Labute approximate surface area is 96.4 Å². The average molecular weight is 221 g/mol. The van der Waals surface area contributed by atoms with Crippen molar-refractivity contribution in [2.45, 2.75) is 38.0 Å². The van der Waals surface area contributed by atoms with Gasteiger partial charge in [-0.25, -0.2) is 0 Å². The summed E-state index contributed by atoms with van der Waals surface area (Å²) < 4.78 is 5.21. The van der Waals surface area contributed by atoms with Crippen molar-refractivity contribution in [2.75, 3.05) is 7.11 Å². The van der Waals surface area contributed by atoms with Crippen molar-refractivity contribution in [1.29, 1.82) is 0 Å². The van der Waals surface area contributed by atoms with Gasteiger partial charge in [-0.05, 0) is 37.5 Å². The van der Waals surface area contributed by atoms with Crippen LogP contribution >= 0.6 is 0 Å². The molecule has 1 fully saturated rings. The number of aliphatic hydroxyl groups excluding tert-OH is 1. The summed E-state index contributed by atoms with van der Waals surface area (Å²) in [5, 5.41) is 13.3. The fourth-order valence-corrected chi connectivity index (χ4v) is 2.35. The van der Waals surface area contributed by atoms with E-state index >= 15 is 0 Å². The molecule has 16 heavy (non-hydrogen) atoms. The van der Waals surface area contributed by atoms with Crippen LogP contribution in [0.3, 0.4) is 0 Å². The van der Waals surface area contributed by atoms with Crippen LogP contribution in [0.2, 0.25) is 0 Å². The number of aliphatic hydroxyl groups is 1. The normalized spacial score (nSPS) is 30.1. The summed E-state index contributed by atoms with van der Waals surface area (Å²) >= 11 is 0. The molecule has 0 aromatic heterocycles. The number of nitrogens with one attached hydrogen (secondary N) is 1. The molecule has 3 heteroatoms. The molecule has 3 atom stereocenters. The lowest BCUT2D eigenvalue weighted by molar-refractivity contribution is 0.0975. The van der Waals surface area contributed by atoms with Gasteiger partial charge in [0, 0.05) is 12.1 Å². The minimum atomic E-state index is -0.201. The Balaban J connectivity index is 2.16. The van der Waals surface area contributed by atoms with Crippen LogP contribution < -0.4 is 10.1 Å². The summed E-state index contributed by atoms with van der Waals surface area (Å²) in [6.07, 6.45) is 1.41. The Bertz CT molecular complexity index is 344. The molecule has 1 aromatic rings. The molecule has 0 amide bonds. The van der Waals surface area contributed by atoms with Gasteiger partial charge in [-0.15, -0.1) is 0 Å². The quantitative estimate of drug-likeness (QED) is 0.801. The van der Waals surface area contributed by atoms with Crippen LogP contribution in [-0.2, 0) is 0 Å². The first-order valence-corrected chi connectivity index (χ1v) is 5.77. The molecule has 88 valence electrons. The molecule has 1 aromatic carbocycles. The van der Waals surface area contributed by atoms with E-state index in [1.54, 1.807) is 7.11 Å². The van der Waals surface area contributed by atoms with Crippen LogP contribution in [0.1, 0.15) is 31.4 Å². The molecule has 2 N–H and O–H groups in total. The third kappa shape index (κ3) is 2.54. The Morgan fingerprint density at radius 2 is 2.19 bits per heavy atom. The maximum Gasteiger partial charge on any atom is 0.119 e. The van der Waals surface area contributed by atoms with Gasteiger partial charge < -0.3 is 15.2 Å². The van der Waals surface area contributed by atoms with Crippen molar-refractivity contribution in [3.63, 3.8) is 0 Å². The van der Waals surface area contributed by atoms with Crippen molar-refractivity contribution in [1.82, 2.24) is 5.32 Å². The van der Waals surface area contributed by atoms with Crippen molar-refractivity contribution in [3.8, 4) is 5.75 Å². The van der Waals surface area contributed by atoms with E-state index < -0.39 is 0 Å². The number of hydrogen-bond acceptors (Lipinski definition) is 3. The van der Waals surface area contributed by atoms with Gasteiger partial charge in [-0.1, -0.05) is 12.1 Å². The topological polar surface area (TPSA) is 41.5 Å². The number of piperidine rings is 1. The zero-order valence-electron chi connectivity index (χ0n) is 9.81. The fourth-order valence-electron chi connectivity index (χ4n) is 2.35. The minimum absolute atomic E-state index is 0.201. The van der Waals surface area contributed by atoms with Crippen molar-refractivity contribution < 1.29 is 9.84 Å². The molecular weight excluding hydrogens is 202 g/mol. The Morgan fingerprint density at radius 3 is 2.88 bits per heavy atom. The maximum atomic E-state index is 9.77. The van der Waals surface area contributed by atoms with E-state index in [1.165, 1.54) is 5.56 Å². The number of benzene rings is 1. The number of ether oxygens (including phenoxy) is 1. The van der Waals surface area contributed by atoms with Crippen LogP contribution in [0.25, 0.3) is 0 Å². The highest BCUT2D eigenvalue weighted by atomic mass is 16.5. The van der Waals surface area contributed by atoms with Crippen molar-refractivity contribution >= 4 is 0 Å². The molecule has 1 heterocycles. The molecule has 1 aliphatic heterocycles. The molecule has 3 nitrogen and oxygen atoms in total. The second-order valence-electron chi connectivity index (χ2n) is 4.52. The maximum absolute atomic E-state index is 9.77. The predicted octanol–water partition coefficient (Wildman–Crippen LogP) is 1.87. The van der Waals surface area contributed by atoms with Gasteiger partial charge in [0.05, 0.1) is 13.2 Å². The first kappa shape index (κ1) is 11.4. The molecule has 1 aliphatic rings. The molecule has 0 bridgehead atoms. The third-order valence-electron chi connectivity index (χ3n) is 3.12. The fraction of sp³-hybridized carbons (Fsp3) is 0.538. The van der Waals surface area contributed by atoms with Gasteiger partial charge in [0.2, 0.25) is 0 Å². The van der Waals surface area contributed by atoms with E-state index in [-0.39, 0.29) is 12.1 Å². The second kappa shape index (κ2) is 4.85. The van der Waals surface area contributed by atoms with E-state index in [2.05, 4.69) is 18.3 Å². The second-order valence-corrected chi connectivity index (χ2v) is 4.52. The Hall–Kier alpha value is -1.06. The van der Waals surface area contributed by atoms with E-state index in [1.807, 2.05) is 18.2 Å². The highest BCUT2D eigenvalue weighted by Gasteiger charge is 2.25. The van der Waals surface area contributed by atoms with Gasteiger partial charge in [0.15, 0.2) is 0 Å². The number of rotatable bonds is 2. The lowest BCUT2D eigenvalue weighted by Crippen LogP contribution is -2.40. The summed E-state index contributed by atoms with van der Waals surface area (Å²) in [5.74, 6) is 0.868. The number of methoxy groups -OCH3 is 1. The van der Waals surface area contributed by atoms with Crippen LogP contribution in [0, 0.1) is 0 Å². The largest absolute Gasteiger partial charge is 0.497 e. The highest BCUT2D eigenvalue weighted by molar-refractivity contribution is 5.31. The highest BCUT2D eigenvalue weighted by Crippen LogP contribution is 2.27. The number of hydrogen-bond donors (Lipinski definition) is 2. The summed E-state index contributed by atoms with van der Waals surface area (Å²) in [6, 6.07) is 8.62. The molecular formula is C13H19NO2. The lowest BCUT2D eigenvalue weighted by atomic mass is 9.92. The zero-order valence-corrected chi connectivity index (χ0v) is 9.81. The van der Waals surface area contributed by atoms with Gasteiger partial charge in [-0.3, -0.25) is 0 Å². The van der Waals surface area contributed by atoms with Gasteiger partial charge in [0.1, 0.15) is 5.75 Å². The monoisotopic (exact) mass is 221 g/mol. The van der Waals surface area contributed by atoms with E-state index in [4.69, 9.17) is 4.74 Å².